The van der Waals surface area contributed by atoms with Crippen LogP contribution in [0.1, 0.15) is 80.1 Å². The molecule has 0 bridgehead atoms. The van der Waals surface area contributed by atoms with E-state index >= 15 is 0 Å². The third kappa shape index (κ3) is 77.3. The molecule has 0 spiro atoms. The van der Waals surface area contributed by atoms with Crippen molar-refractivity contribution in [2.75, 3.05) is 6.61 Å². The molecular weight excluding hydrogens is 244 g/mol. The Hall–Kier alpha value is -0.900. The van der Waals surface area contributed by atoms with E-state index in [4.69, 9.17) is 0 Å². The van der Waals surface area contributed by atoms with Crippen LogP contribution in [0.2, 0.25) is 0 Å². The van der Waals surface area contributed by atoms with Gasteiger partial charge in [-0.3, -0.25) is 4.79 Å². The average Bonchev–Trinajstić information content (AvgIpc) is 2.27. The van der Waals surface area contributed by atoms with E-state index in [1.807, 2.05) is 6.92 Å². The first kappa shape index (κ1) is 26.6. The number of ketones is 1. The monoisotopic (exact) mass is 278 g/mol. The summed E-state index contributed by atoms with van der Waals surface area (Å²) in [7, 11) is 0. The molecule has 2 N–H and O–H groups in total. The van der Waals surface area contributed by atoms with E-state index in [-0.39, 0.29) is 17.2 Å². The number of rotatable bonds is 6. The van der Waals surface area contributed by atoms with Crippen LogP contribution >= 0.6 is 0 Å². The molecular formula is C15H34O4. The summed E-state index contributed by atoms with van der Waals surface area (Å²) in [6.07, 6.45) is 7.91. The Labute approximate surface area is 119 Å². The van der Waals surface area contributed by atoms with Gasteiger partial charge >= 0.3 is 5.97 Å². The highest BCUT2D eigenvalue weighted by Gasteiger charge is 1.85. The van der Waals surface area contributed by atoms with Crippen molar-refractivity contribution in [3.8, 4) is 0 Å². The highest BCUT2D eigenvalue weighted by Crippen LogP contribution is 2.00. The predicted octanol–water partition coefficient (Wildman–Crippen LogP) is 3.71. The first-order chi connectivity index (χ1) is 8.42. The maximum atomic E-state index is 9.98. The van der Waals surface area contributed by atoms with Crippen LogP contribution in [0, 0.1) is 0 Å². The zero-order valence-corrected chi connectivity index (χ0v) is 13.7. The lowest BCUT2D eigenvalue weighted by molar-refractivity contribution is -0.140. The number of carbonyl (C=O) groups is 2. The van der Waals surface area contributed by atoms with Crippen LogP contribution in [0.4, 0.5) is 0 Å². The normalized spacial score (nSPS) is 7.89. The van der Waals surface area contributed by atoms with E-state index in [1.54, 1.807) is 0 Å². The van der Waals surface area contributed by atoms with Gasteiger partial charge in [-0.1, -0.05) is 52.9 Å². The Morgan fingerprint density at radius 2 is 1.16 bits per heavy atom. The smallest absolute Gasteiger partial charge is 0.302 e. The van der Waals surface area contributed by atoms with Gasteiger partial charge in [-0.15, -0.1) is 0 Å². The molecule has 0 heterocycles. The first-order valence-electron chi connectivity index (χ1n) is 7.02. The second-order valence-corrected chi connectivity index (χ2v) is 4.31. The number of hydrogen-bond acceptors (Lipinski definition) is 3. The second-order valence-electron chi connectivity index (χ2n) is 4.31. The van der Waals surface area contributed by atoms with Gasteiger partial charge in [0, 0.05) is 6.92 Å². The molecule has 118 valence electrons. The van der Waals surface area contributed by atoms with E-state index in [9.17, 15) is 9.59 Å². The zero-order valence-electron chi connectivity index (χ0n) is 13.7. The summed E-state index contributed by atoms with van der Waals surface area (Å²) in [4.78, 5) is 19.4. The maximum absolute atomic E-state index is 9.98. The molecule has 0 aromatic carbocycles. The van der Waals surface area contributed by atoms with Gasteiger partial charge in [0.05, 0.1) is 6.61 Å². The van der Waals surface area contributed by atoms with Crippen molar-refractivity contribution in [1.29, 1.82) is 0 Å². The molecule has 0 aromatic heterocycles. The van der Waals surface area contributed by atoms with Crippen LogP contribution in [0.25, 0.3) is 0 Å². The average molecular weight is 278 g/mol. The minimum Gasteiger partial charge on any atom is -0.466 e. The van der Waals surface area contributed by atoms with Gasteiger partial charge < -0.3 is 15.0 Å². The lowest BCUT2D eigenvalue weighted by Gasteiger charge is -1.93. The van der Waals surface area contributed by atoms with Gasteiger partial charge in [0.1, 0.15) is 5.78 Å². The molecule has 0 radical (unpaired) electrons. The van der Waals surface area contributed by atoms with E-state index in [2.05, 4.69) is 18.6 Å². The number of hydrogen-bond donors (Lipinski definition) is 0. The highest BCUT2D eigenvalue weighted by molar-refractivity contribution is 5.72. The molecule has 0 saturated heterocycles. The van der Waals surface area contributed by atoms with E-state index in [0.717, 1.165) is 6.42 Å². The van der Waals surface area contributed by atoms with E-state index < -0.39 is 0 Å². The largest absolute Gasteiger partial charge is 0.466 e. The summed E-state index contributed by atoms with van der Waals surface area (Å²) < 4.78 is 4.55. The van der Waals surface area contributed by atoms with Crippen molar-refractivity contribution in [1.82, 2.24) is 0 Å². The molecule has 0 fully saturated rings. The van der Waals surface area contributed by atoms with Gasteiger partial charge in [0.15, 0.2) is 0 Å². The standard InChI is InChI=1S/C7H16.C5H10O2.C3H6O.H2O/c1-3-5-7-6-4-2;1-3-4-7-5(2)6;1-3(2)4;/h3-7H2,1-2H3;3-4H2,1-2H3;1-2H3;1H2. The van der Waals surface area contributed by atoms with E-state index in [0.29, 0.717) is 6.61 Å². The van der Waals surface area contributed by atoms with Crippen LogP contribution in [0.3, 0.4) is 0 Å². The fourth-order valence-electron chi connectivity index (χ4n) is 0.923. The van der Waals surface area contributed by atoms with Gasteiger partial charge in [-0.2, -0.15) is 0 Å². The van der Waals surface area contributed by atoms with Crippen molar-refractivity contribution in [2.45, 2.75) is 80.1 Å². The van der Waals surface area contributed by atoms with Crippen LogP contribution in [0.15, 0.2) is 0 Å². The number of esters is 1. The Morgan fingerprint density at radius 3 is 1.32 bits per heavy atom. The molecule has 0 aliphatic rings. The molecule has 4 heteroatoms. The second kappa shape index (κ2) is 25.8. The Morgan fingerprint density at radius 1 is 0.789 bits per heavy atom. The van der Waals surface area contributed by atoms with Gasteiger partial charge in [-0.05, 0) is 20.3 Å². The summed E-state index contributed by atoms with van der Waals surface area (Å²) in [5, 5.41) is 0. The van der Waals surface area contributed by atoms with Crippen LogP contribution < -0.4 is 0 Å². The highest BCUT2D eigenvalue weighted by atomic mass is 16.5. The summed E-state index contributed by atoms with van der Waals surface area (Å²) in [5.41, 5.74) is 0. The van der Waals surface area contributed by atoms with Crippen LogP contribution in [-0.2, 0) is 14.3 Å². The molecule has 4 nitrogen and oxygen atoms in total. The van der Waals surface area contributed by atoms with Crippen molar-refractivity contribution >= 4 is 11.8 Å². The molecule has 0 aliphatic heterocycles. The Balaban J connectivity index is -0.0000000900. The summed E-state index contributed by atoms with van der Waals surface area (Å²) in [6.45, 7) is 11.5. The summed E-state index contributed by atoms with van der Waals surface area (Å²) in [6, 6.07) is 0. The maximum Gasteiger partial charge on any atom is 0.302 e. The lowest BCUT2D eigenvalue weighted by atomic mass is 10.2. The molecule has 0 aliphatic carbocycles. The number of unbranched alkanes of at least 4 members (excludes halogenated alkanes) is 4. The van der Waals surface area contributed by atoms with E-state index in [1.165, 1.54) is 52.9 Å². The number of carbonyl (C=O) groups excluding carboxylic acids is 2. The summed E-state index contributed by atoms with van der Waals surface area (Å²) in [5.74, 6) is -0.0261. The number of ether oxygens (including phenoxy) is 1. The number of Topliss-reactive ketones (excluding diaryl/α,β-unsaturated/α-hetero) is 1. The van der Waals surface area contributed by atoms with Gasteiger partial charge in [0.25, 0.3) is 0 Å². The fourth-order valence-corrected chi connectivity index (χ4v) is 0.923. The molecule has 0 atom stereocenters. The Bertz CT molecular complexity index is 171. The van der Waals surface area contributed by atoms with Crippen molar-refractivity contribution < 1.29 is 19.8 Å². The van der Waals surface area contributed by atoms with Gasteiger partial charge in [-0.25, -0.2) is 0 Å². The van der Waals surface area contributed by atoms with Crippen molar-refractivity contribution in [3.63, 3.8) is 0 Å². The predicted molar refractivity (Wildman–Crippen MR) is 81.3 cm³/mol. The van der Waals surface area contributed by atoms with Crippen molar-refractivity contribution in [3.05, 3.63) is 0 Å². The minimum absolute atomic E-state index is 0. The van der Waals surface area contributed by atoms with Crippen molar-refractivity contribution in [2.24, 2.45) is 0 Å². The first-order valence-corrected chi connectivity index (χ1v) is 7.02. The molecule has 19 heavy (non-hydrogen) atoms. The summed E-state index contributed by atoms with van der Waals surface area (Å²) >= 11 is 0. The van der Waals surface area contributed by atoms with Gasteiger partial charge in [0.2, 0.25) is 0 Å². The minimum atomic E-state index is -0.193. The molecule has 0 unspecified atom stereocenters. The zero-order chi connectivity index (χ0) is 14.8. The SMILES string of the molecule is CC(C)=O.CCCCCCC.CCCOC(C)=O.O. The van der Waals surface area contributed by atoms with Crippen LogP contribution in [0.5, 0.6) is 0 Å². The third-order valence-corrected chi connectivity index (χ3v) is 1.72. The molecule has 0 rings (SSSR count). The van der Waals surface area contributed by atoms with Crippen LogP contribution in [-0.4, -0.2) is 23.8 Å². The molecule has 0 saturated carbocycles. The molecule has 0 amide bonds. The lowest BCUT2D eigenvalue weighted by Crippen LogP contribution is -1.98. The topological polar surface area (TPSA) is 74.9 Å². The third-order valence-electron chi connectivity index (χ3n) is 1.72. The molecule has 0 aromatic rings. The Kier molecular flexibility index (Phi) is 36.2. The fraction of sp³-hybridized carbons (Fsp3) is 0.867. The quantitative estimate of drug-likeness (QED) is 0.549.